The van der Waals surface area contributed by atoms with Crippen molar-refractivity contribution in [3.8, 4) is 0 Å². The van der Waals surface area contributed by atoms with Gasteiger partial charge >= 0.3 is 0 Å². The van der Waals surface area contributed by atoms with E-state index in [1.165, 1.54) is 6.07 Å². The highest BCUT2D eigenvalue weighted by Gasteiger charge is 2.17. The van der Waals surface area contributed by atoms with Crippen molar-refractivity contribution in [3.63, 3.8) is 0 Å². The lowest BCUT2D eigenvalue weighted by Gasteiger charge is -2.28. The van der Waals surface area contributed by atoms with Crippen molar-refractivity contribution in [2.45, 2.75) is 6.54 Å². The molecular weight excluding hydrogens is 245 g/mol. The largest absolute Gasteiger partial charge is 0.340 e. The second-order valence-corrected chi connectivity index (χ2v) is 4.87. The van der Waals surface area contributed by atoms with Gasteiger partial charge in [0.25, 0.3) is 0 Å². The third-order valence-electron chi connectivity index (χ3n) is 3.36. The molecule has 1 saturated heterocycles. The number of halogens is 1. The van der Waals surface area contributed by atoms with Crippen LogP contribution in [0.1, 0.15) is 5.56 Å². The first-order valence-electron chi connectivity index (χ1n) is 6.57. The topological polar surface area (TPSA) is 35.6 Å². The Morgan fingerprint density at radius 1 is 1.37 bits per heavy atom. The summed E-state index contributed by atoms with van der Waals surface area (Å²) < 4.78 is 13.5. The number of nitrogens with one attached hydrogen (secondary N) is 1. The second kappa shape index (κ2) is 6.63. The van der Waals surface area contributed by atoms with Crippen LogP contribution in [0.2, 0.25) is 0 Å². The van der Waals surface area contributed by atoms with Gasteiger partial charge in [0.2, 0.25) is 5.91 Å². The zero-order chi connectivity index (χ0) is 13.7. The van der Waals surface area contributed by atoms with Gasteiger partial charge in [-0.25, -0.2) is 4.39 Å². The molecule has 0 aliphatic carbocycles. The van der Waals surface area contributed by atoms with Crippen LogP contribution in [0, 0.1) is 5.82 Å². The molecule has 0 radical (unpaired) electrons. The number of amides is 1. The Morgan fingerprint density at radius 3 is 2.74 bits per heavy atom. The van der Waals surface area contributed by atoms with Gasteiger partial charge in [-0.05, 0) is 6.07 Å². The summed E-state index contributed by atoms with van der Waals surface area (Å²) in [6.07, 6.45) is 0. The molecule has 2 rings (SSSR count). The number of hydrogen-bond acceptors (Lipinski definition) is 3. The van der Waals surface area contributed by atoms with Crippen LogP contribution in [0.3, 0.4) is 0 Å². The maximum Gasteiger partial charge on any atom is 0.236 e. The fourth-order valence-corrected chi connectivity index (χ4v) is 2.15. The minimum absolute atomic E-state index is 0.0325. The molecule has 0 bridgehead atoms. The Hall–Kier alpha value is -1.46. The fraction of sp³-hybridized carbons (Fsp3) is 0.500. The smallest absolute Gasteiger partial charge is 0.236 e. The Labute approximate surface area is 113 Å². The maximum atomic E-state index is 13.5. The van der Waals surface area contributed by atoms with Gasteiger partial charge in [0.15, 0.2) is 0 Å². The summed E-state index contributed by atoms with van der Waals surface area (Å²) in [5.74, 6) is -0.227. The Balaban J connectivity index is 1.87. The van der Waals surface area contributed by atoms with E-state index < -0.39 is 0 Å². The molecule has 1 aliphatic heterocycles. The molecule has 104 valence electrons. The molecule has 4 nitrogen and oxygen atoms in total. The van der Waals surface area contributed by atoms with E-state index in [-0.39, 0.29) is 11.7 Å². The van der Waals surface area contributed by atoms with Crippen molar-refractivity contribution in [1.82, 2.24) is 15.1 Å². The standard InChI is InChI=1S/C14H20FN3O/c1-17(10-12-4-2-3-5-13(12)15)14(19)11-18-8-6-16-7-9-18/h2-5,16H,6-11H2,1H3. The first kappa shape index (κ1) is 14.0. The van der Waals surface area contributed by atoms with Gasteiger partial charge in [0.05, 0.1) is 6.54 Å². The lowest BCUT2D eigenvalue weighted by Crippen LogP contribution is -2.47. The Morgan fingerprint density at radius 2 is 2.05 bits per heavy atom. The molecule has 0 unspecified atom stereocenters. The van der Waals surface area contributed by atoms with E-state index in [2.05, 4.69) is 10.2 Å². The van der Waals surface area contributed by atoms with Crippen LogP contribution < -0.4 is 5.32 Å². The molecule has 19 heavy (non-hydrogen) atoms. The zero-order valence-corrected chi connectivity index (χ0v) is 11.2. The summed E-state index contributed by atoms with van der Waals surface area (Å²) in [4.78, 5) is 15.8. The van der Waals surface area contributed by atoms with Gasteiger partial charge in [-0.2, -0.15) is 0 Å². The maximum absolute atomic E-state index is 13.5. The van der Waals surface area contributed by atoms with E-state index in [9.17, 15) is 9.18 Å². The molecule has 0 atom stereocenters. The highest BCUT2D eigenvalue weighted by Crippen LogP contribution is 2.09. The van der Waals surface area contributed by atoms with Crippen LogP contribution in [-0.4, -0.2) is 55.5 Å². The molecular formula is C14H20FN3O. The summed E-state index contributed by atoms with van der Waals surface area (Å²) in [5, 5.41) is 3.25. The number of hydrogen-bond donors (Lipinski definition) is 1. The molecule has 5 heteroatoms. The van der Waals surface area contributed by atoms with Crippen LogP contribution >= 0.6 is 0 Å². The number of nitrogens with zero attached hydrogens (tertiary/aromatic N) is 2. The van der Waals surface area contributed by atoms with Gasteiger partial charge < -0.3 is 10.2 Å². The first-order chi connectivity index (χ1) is 9.16. The third-order valence-corrected chi connectivity index (χ3v) is 3.36. The number of carbonyl (C=O) groups is 1. The molecule has 1 aliphatic rings. The van der Waals surface area contributed by atoms with Gasteiger partial charge in [0, 0.05) is 45.3 Å². The predicted octanol–water partition coefficient (Wildman–Crippen LogP) is 0.689. The fourth-order valence-electron chi connectivity index (χ4n) is 2.15. The number of likely N-dealkylation sites (N-methyl/N-ethyl adjacent to an activating group) is 1. The summed E-state index contributed by atoms with van der Waals surface area (Å²) in [7, 11) is 1.72. The van der Waals surface area contributed by atoms with Crippen molar-refractivity contribution < 1.29 is 9.18 Å². The van der Waals surface area contributed by atoms with Crippen LogP contribution in [0.25, 0.3) is 0 Å². The number of carbonyl (C=O) groups excluding carboxylic acids is 1. The van der Waals surface area contributed by atoms with Crippen molar-refractivity contribution in [2.75, 3.05) is 39.8 Å². The predicted molar refractivity (Wildman–Crippen MR) is 72.2 cm³/mol. The first-order valence-corrected chi connectivity index (χ1v) is 6.57. The van der Waals surface area contributed by atoms with Crippen molar-refractivity contribution in [2.24, 2.45) is 0 Å². The number of benzene rings is 1. The van der Waals surface area contributed by atoms with Crippen LogP contribution in [0.15, 0.2) is 24.3 Å². The molecule has 1 heterocycles. The van der Waals surface area contributed by atoms with E-state index in [4.69, 9.17) is 0 Å². The van der Waals surface area contributed by atoms with E-state index in [1.807, 2.05) is 0 Å². The highest BCUT2D eigenvalue weighted by atomic mass is 19.1. The molecule has 0 aromatic heterocycles. The molecule has 0 spiro atoms. The lowest BCUT2D eigenvalue weighted by molar-refractivity contribution is -0.131. The summed E-state index contributed by atoms with van der Waals surface area (Å²) in [5.41, 5.74) is 0.554. The van der Waals surface area contributed by atoms with Gasteiger partial charge in [-0.15, -0.1) is 0 Å². The average molecular weight is 265 g/mol. The average Bonchev–Trinajstić information content (AvgIpc) is 2.42. The Bertz CT molecular complexity index is 432. The summed E-state index contributed by atoms with van der Waals surface area (Å²) in [6, 6.07) is 6.57. The van der Waals surface area contributed by atoms with E-state index in [0.717, 1.165) is 26.2 Å². The minimum Gasteiger partial charge on any atom is -0.340 e. The second-order valence-electron chi connectivity index (χ2n) is 4.87. The highest BCUT2D eigenvalue weighted by molar-refractivity contribution is 5.78. The van der Waals surface area contributed by atoms with Crippen molar-refractivity contribution in [1.29, 1.82) is 0 Å². The third kappa shape index (κ3) is 4.01. The molecule has 1 N–H and O–H groups in total. The normalized spacial score (nSPS) is 16.3. The van der Waals surface area contributed by atoms with Crippen LogP contribution in [0.5, 0.6) is 0 Å². The zero-order valence-electron chi connectivity index (χ0n) is 11.2. The molecule has 1 amide bonds. The molecule has 1 aromatic carbocycles. The van der Waals surface area contributed by atoms with E-state index in [0.29, 0.717) is 18.7 Å². The van der Waals surface area contributed by atoms with Crippen molar-refractivity contribution in [3.05, 3.63) is 35.6 Å². The van der Waals surface area contributed by atoms with Gasteiger partial charge in [-0.3, -0.25) is 9.69 Å². The molecule has 0 saturated carbocycles. The Kier molecular flexibility index (Phi) is 4.87. The molecule has 1 fully saturated rings. The summed E-state index contributed by atoms with van der Waals surface area (Å²) >= 11 is 0. The molecule has 1 aromatic rings. The minimum atomic E-state index is -0.260. The van der Waals surface area contributed by atoms with E-state index >= 15 is 0 Å². The van der Waals surface area contributed by atoms with Crippen molar-refractivity contribution >= 4 is 5.91 Å². The number of rotatable bonds is 4. The lowest BCUT2D eigenvalue weighted by atomic mass is 10.2. The summed E-state index contributed by atoms with van der Waals surface area (Å²) in [6.45, 7) is 4.34. The number of piperazine rings is 1. The van der Waals surface area contributed by atoms with Gasteiger partial charge in [-0.1, -0.05) is 18.2 Å². The monoisotopic (exact) mass is 265 g/mol. The van der Waals surface area contributed by atoms with Crippen LogP contribution in [0.4, 0.5) is 4.39 Å². The quantitative estimate of drug-likeness (QED) is 0.870. The SMILES string of the molecule is CN(Cc1ccccc1F)C(=O)CN1CCNCC1. The van der Waals surface area contributed by atoms with E-state index in [1.54, 1.807) is 30.1 Å². The van der Waals surface area contributed by atoms with Crippen LogP contribution in [-0.2, 0) is 11.3 Å². The van der Waals surface area contributed by atoms with Gasteiger partial charge in [0.1, 0.15) is 5.82 Å².